The van der Waals surface area contributed by atoms with E-state index in [9.17, 15) is 14.9 Å². The Morgan fingerprint density at radius 3 is 2.51 bits per heavy atom. The third-order valence-electron chi connectivity index (χ3n) is 5.17. The van der Waals surface area contributed by atoms with E-state index in [-0.39, 0.29) is 16.4 Å². The summed E-state index contributed by atoms with van der Waals surface area (Å²) in [5.74, 6) is 0.596. The largest absolute Gasteiger partial charge is 0.495 e. The molecular formula is C24H18Cl3N5O4S. The molecule has 0 aliphatic carbocycles. The fraction of sp³-hybridized carbons (Fsp3) is 0.125. The van der Waals surface area contributed by atoms with Gasteiger partial charge in [-0.2, -0.15) is 0 Å². The van der Waals surface area contributed by atoms with Gasteiger partial charge in [-0.25, -0.2) is 0 Å². The number of hydrogen-bond acceptors (Lipinski definition) is 7. The van der Waals surface area contributed by atoms with Crippen molar-refractivity contribution in [2.75, 3.05) is 12.4 Å². The van der Waals surface area contributed by atoms with Crippen LogP contribution >= 0.6 is 46.6 Å². The van der Waals surface area contributed by atoms with Gasteiger partial charge in [-0.1, -0.05) is 58.7 Å². The maximum Gasteiger partial charge on any atom is 0.271 e. The van der Waals surface area contributed by atoms with Crippen LogP contribution in [0.4, 0.5) is 11.4 Å². The molecule has 9 nitrogen and oxygen atoms in total. The first-order chi connectivity index (χ1) is 17.7. The summed E-state index contributed by atoms with van der Waals surface area (Å²) in [4.78, 5) is 23.4. The highest BCUT2D eigenvalue weighted by Gasteiger charge is 2.24. The molecule has 13 heteroatoms. The lowest BCUT2D eigenvalue weighted by Crippen LogP contribution is -2.23. The van der Waals surface area contributed by atoms with E-state index in [4.69, 9.17) is 39.5 Å². The van der Waals surface area contributed by atoms with E-state index in [0.29, 0.717) is 38.0 Å². The normalized spacial score (nSPS) is 11.7. The van der Waals surface area contributed by atoms with Crippen molar-refractivity contribution in [1.82, 2.24) is 14.8 Å². The summed E-state index contributed by atoms with van der Waals surface area (Å²) in [7, 11) is 1.53. The summed E-state index contributed by atoms with van der Waals surface area (Å²) in [6, 6.07) is 16.1. The molecule has 190 valence electrons. The van der Waals surface area contributed by atoms with E-state index < -0.39 is 16.1 Å². The number of halogens is 3. The van der Waals surface area contributed by atoms with Crippen molar-refractivity contribution in [3.8, 4) is 22.8 Å². The Kier molecular flexibility index (Phi) is 8.23. The first-order valence-electron chi connectivity index (χ1n) is 10.6. The van der Waals surface area contributed by atoms with Gasteiger partial charge in [0, 0.05) is 27.7 Å². The summed E-state index contributed by atoms with van der Waals surface area (Å²) in [6.45, 7) is 1.69. The molecule has 1 amide bonds. The van der Waals surface area contributed by atoms with Gasteiger partial charge in [0.15, 0.2) is 11.0 Å². The predicted octanol–water partition coefficient (Wildman–Crippen LogP) is 6.93. The Morgan fingerprint density at radius 2 is 1.84 bits per heavy atom. The van der Waals surface area contributed by atoms with Gasteiger partial charge < -0.3 is 10.1 Å². The van der Waals surface area contributed by atoms with Crippen LogP contribution in [0.2, 0.25) is 15.1 Å². The predicted molar refractivity (Wildman–Crippen MR) is 145 cm³/mol. The van der Waals surface area contributed by atoms with Crippen LogP contribution in [-0.4, -0.2) is 38.0 Å². The molecule has 1 heterocycles. The number of nitro groups is 1. The quantitative estimate of drug-likeness (QED) is 0.137. The highest BCUT2D eigenvalue weighted by molar-refractivity contribution is 8.00. The second-order valence-electron chi connectivity index (χ2n) is 7.64. The molecule has 0 aliphatic rings. The molecule has 4 aromatic rings. The number of anilines is 1. The number of nitrogens with zero attached hydrogens (tertiary/aromatic N) is 4. The minimum atomic E-state index is -0.661. The topological polar surface area (TPSA) is 112 Å². The molecule has 4 rings (SSSR count). The number of methoxy groups -OCH3 is 1. The number of carbonyl (C=O) groups is 1. The molecule has 0 aliphatic heterocycles. The number of ether oxygens (including phenoxy) is 1. The average molecular weight is 579 g/mol. The smallest absolute Gasteiger partial charge is 0.271 e. The highest BCUT2D eigenvalue weighted by atomic mass is 35.5. The maximum absolute atomic E-state index is 13.0. The molecule has 1 aromatic heterocycles. The van der Waals surface area contributed by atoms with Gasteiger partial charge in [0.25, 0.3) is 5.69 Å². The van der Waals surface area contributed by atoms with Gasteiger partial charge in [0.1, 0.15) is 5.75 Å². The fourth-order valence-corrected chi connectivity index (χ4v) is 4.82. The summed E-state index contributed by atoms with van der Waals surface area (Å²) in [5.41, 5.74) is 1.34. The lowest BCUT2D eigenvalue weighted by atomic mass is 10.2. The molecule has 1 atom stereocenters. The number of rotatable bonds is 8. The Balaban J connectivity index is 1.69. The minimum Gasteiger partial charge on any atom is -0.495 e. The van der Waals surface area contributed by atoms with E-state index in [1.54, 1.807) is 47.9 Å². The van der Waals surface area contributed by atoms with Gasteiger partial charge in [0.2, 0.25) is 5.91 Å². The van der Waals surface area contributed by atoms with Crippen molar-refractivity contribution in [3.05, 3.63) is 85.8 Å². The van der Waals surface area contributed by atoms with Crippen LogP contribution in [0.25, 0.3) is 17.1 Å². The Bertz CT molecular complexity index is 1500. The first kappa shape index (κ1) is 26.7. The lowest BCUT2D eigenvalue weighted by molar-refractivity contribution is -0.384. The van der Waals surface area contributed by atoms with Crippen LogP contribution in [0.5, 0.6) is 5.75 Å². The summed E-state index contributed by atoms with van der Waals surface area (Å²) >= 11 is 19.8. The van der Waals surface area contributed by atoms with E-state index in [1.165, 1.54) is 25.3 Å². The van der Waals surface area contributed by atoms with Crippen molar-refractivity contribution in [3.63, 3.8) is 0 Å². The van der Waals surface area contributed by atoms with Gasteiger partial charge in [0.05, 0.1) is 33.7 Å². The Hall–Kier alpha value is -3.31. The molecule has 1 N–H and O–H groups in total. The number of nitro benzene ring substituents is 1. The third-order valence-corrected chi connectivity index (χ3v) is 7.00. The molecule has 0 bridgehead atoms. The van der Waals surface area contributed by atoms with Crippen LogP contribution in [0.3, 0.4) is 0 Å². The van der Waals surface area contributed by atoms with Crippen molar-refractivity contribution in [1.29, 1.82) is 0 Å². The molecule has 0 fully saturated rings. The van der Waals surface area contributed by atoms with Crippen LogP contribution in [0.15, 0.2) is 65.8 Å². The van der Waals surface area contributed by atoms with Gasteiger partial charge in [-0.05, 0) is 43.3 Å². The maximum atomic E-state index is 13.0. The van der Waals surface area contributed by atoms with E-state index >= 15 is 0 Å². The van der Waals surface area contributed by atoms with E-state index in [0.717, 1.165) is 11.8 Å². The number of hydrogen-bond donors (Lipinski definition) is 1. The van der Waals surface area contributed by atoms with Crippen LogP contribution < -0.4 is 10.1 Å². The van der Waals surface area contributed by atoms with Crippen LogP contribution in [0.1, 0.15) is 6.92 Å². The Morgan fingerprint density at radius 1 is 1.08 bits per heavy atom. The lowest BCUT2D eigenvalue weighted by Gasteiger charge is -2.16. The summed E-state index contributed by atoms with van der Waals surface area (Å²) in [5, 5.41) is 23.1. The molecular weight excluding hydrogens is 561 g/mol. The Labute approximate surface area is 230 Å². The van der Waals surface area contributed by atoms with Gasteiger partial charge in [-0.3, -0.25) is 19.5 Å². The fourth-order valence-electron chi connectivity index (χ4n) is 3.38. The molecule has 0 spiro atoms. The monoisotopic (exact) mass is 577 g/mol. The molecule has 0 radical (unpaired) electrons. The number of carbonyl (C=O) groups excluding carboxylic acids is 1. The first-order valence-corrected chi connectivity index (χ1v) is 12.7. The van der Waals surface area contributed by atoms with Gasteiger partial charge >= 0.3 is 0 Å². The van der Waals surface area contributed by atoms with Crippen molar-refractivity contribution in [2.45, 2.75) is 17.3 Å². The van der Waals surface area contributed by atoms with Crippen LogP contribution in [0, 0.1) is 10.1 Å². The van der Waals surface area contributed by atoms with Gasteiger partial charge in [-0.15, -0.1) is 10.2 Å². The average Bonchev–Trinajstić information content (AvgIpc) is 3.28. The number of amides is 1. The molecule has 3 aromatic carbocycles. The van der Waals surface area contributed by atoms with E-state index in [1.807, 2.05) is 6.07 Å². The highest BCUT2D eigenvalue weighted by Crippen LogP contribution is 2.36. The second-order valence-corrected chi connectivity index (χ2v) is 10.2. The zero-order chi connectivity index (χ0) is 26.7. The second kappa shape index (κ2) is 11.4. The summed E-state index contributed by atoms with van der Waals surface area (Å²) in [6.07, 6.45) is 0. The van der Waals surface area contributed by atoms with Crippen molar-refractivity contribution in [2.24, 2.45) is 0 Å². The standard InChI is InChI=1S/C24H18Cl3N5O4S/c1-13(23(33)28-19-8-7-17(32(34)35)12-18(19)27)37-24-30-29-22(14-4-3-5-15(25)10-14)31(24)20-11-16(26)6-9-21(20)36-2/h3-13H,1-2H3,(H,28,33)/t13-/m0/s1. The zero-order valence-corrected chi connectivity index (χ0v) is 22.4. The third kappa shape index (κ3) is 5.99. The van der Waals surface area contributed by atoms with Crippen molar-refractivity contribution < 1.29 is 14.5 Å². The zero-order valence-electron chi connectivity index (χ0n) is 19.3. The number of benzene rings is 3. The van der Waals surface area contributed by atoms with Crippen LogP contribution in [-0.2, 0) is 4.79 Å². The SMILES string of the molecule is COc1ccc(Cl)cc1-n1c(S[C@@H](C)C(=O)Nc2ccc([N+](=O)[O-])cc2Cl)nnc1-c1cccc(Cl)c1. The molecule has 0 saturated carbocycles. The number of thioether (sulfide) groups is 1. The number of nitrogens with one attached hydrogen (secondary N) is 1. The van der Waals surface area contributed by atoms with E-state index in [2.05, 4.69) is 15.5 Å². The summed E-state index contributed by atoms with van der Waals surface area (Å²) < 4.78 is 7.29. The molecule has 0 saturated heterocycles. The molecule has 0 unspecified atom stereocenters. The molecule has 37 heavy (non-hydrogen) atoms. The number of non-ortho nitro benzene ring substituents is 1. The minimum absolute atomic E-state index is 0.0508. The number of aromatic nitrogens is 3. The van der Waals surface area contributed by atoms with Crippen molar-refractivity contribution >= 4 is 63.8 Å².